The van der Waals surface area contributed by atoms with E-state index in [2.05, 4.69) is 34.4 Å². The molecule has 2 aromatic rings. The van der Waals surface area contributed by atoms with Crippen molar-refractivity contribution in [1.82, 2.24) is 10.1 Å². The van der Waals surface area contributed by atoms with Crippen LogP contribution in [0.15, 0.2) is 28.8 Å². The lowest BCUT2D eigenvalue weighted by Crippen LogP contribution is -2.04. The van der Waals surface area contributed by atoms with Crippen molar-refractivity contribution < 1.29 is 4.52 Å². The maximum atomic E-state index is 5.48. The highest BCUT2D eigenvalue weighted by Crippen LogP contribution is 2.33. The second-order valence-corrected chi connectivity index (χ2v) is 5.51. The van der Waals surface area contributed by atoms with Crippen LogP contribution in [0.2, 0.25) is 0 Å². The molecule has 0 spiro atoms. The fourth-order valence-corrected chi connectivity index (χ4v) is 2.94. The molecule has 0 atom stereocenters. The Morgan fingerprint density at radius 1 is 1.10 bits per heavy atom. The molecule has 3 rings (SSSR count). The Morgan fingerprint density at radius 2 is 1.85 bits per heavy atom. The van der Waals surface area contributed by atoms with Crippen molar-refractivity contribution in [1.29, 1.82) is 0 Å². The summed E-state index contributed by atoms with van der Waals surface area (Å²) >= 11 is 0. The molecule has 1 aliphatic rings. The van der Waals surface area contributed by atoms with Crippen molar-refractivity contribution in [3.8, 4) is 11.4 Å². The Kier molecular flexibility index (Phi) is 4.11. The summed E-state index contributed by atoms with van der Waals surface area (Å²) < 4.78 is 5.16. The number of hydrogen-bond acceptors (Lipinski definition) is 4. The lowest BCUT2D eigenvalue weighted by Gasteiger charge is -2.21. The van der Waals surface area contributed by atoms with Crippen LogP contribution >= 0.6 is 0 Å². The van der Waals surface area contributed by atoms with E-state index in [9.17, 15) is 0 Å². The largest absolute Gasteiger partial charge is 0.339 e. The summed E-state index contributed by atoms with van der Waals surface area (Å²) in [6.07, 6.45) is 7.39. The smallest absolute Gasteiger partial charge is 0.228 e. The minimum Gasteiger partial charge on any atom is -0.339 e. The van der Waals surface area contributed by atoms with Gasteiger partial charge < -0.3 is 10.3 Å². The normalized spacial score (nSPS) is 16.4. The van der Waals surface area contributed by atoms with Crippen LogP contribution in [0.3, 0.4) is 0 Å². The van der Waals surface area contributed by atoms with Gasteiger partial charge in [0.15, 0.2) is 0 Å². The first-order chi connectivity index (χ1) is 9.86. The number of aromatic nitrogens is 2. The molecule has 4 nitrogen and oxygen atoms in total. The fraction of sp³-hybridized carbons (Fsp3) is 0.500. The van der Waals surface area contributed by atoms with Gasteiger partial charge in [-0.05, 0) is 24.3 Å². The summed E-state index contributed by atoms with van der Waals surface area (Å²) in [4.78, 5) is 4.35. The molecule has 0 aliphatic heterocycles. The van der Waals surface area contributed by atoms with Crippen LogP contribution in [-0.2, 0) is 6.42 Å². The summed E-state index contributed by atoms with van der Waals surface area (Å²) in [7, 11) is 0. The second kappa shape index (κ2) is 6.18. The fourth-order valence-electron chi connectivity index (χ4n) is 2.94. The highest BCUT2D eigenvalue weighted by Gasteiger charge is 2.16. The van der Waals surface area contributed by atoms with E-state index in [0.29, 0.717) is 24.7 Å². The molecule has 4 heteroatoms. The van der Waals surface area contributed by atoms with Gasteiger partial charge in [-0.25, -0.2) is 0 Å². The van der Waals surface area contributed by atoms with E-state index in [1.165, 1.54) is 37.7 Å². The third-order valence-electron chi connectivity index (χ3n) is 4.07. The van der Waals surface area contributed by atoms with Gasteiger partial charge in [-0.2, -0.15) is 4.98 Å². The Balaban J connectivity index is 1.74. The van der Waals surface area contributed by atoms with Gasteiger partial charge in [-0.3, -0.25) is 0 Å². The molecule has 1 fully saturated rings. The zero-order chi connectivity index (χ0) is 13.8. The standard InChI is InChI=1S/C16H21N3O/c17-11-10-15-18-16(19-20-15)14-8-6-13(7-9-14)12-4-2-1-3-5-12/h6-9,12H,1-5,10-11,17H2. The van der Waals surface area contributed by atoms with Crippen molar-refractivity contribution in [2.24, 2.45) is 5.73 Å². The highest BCUT2D eigenvalue weighted by atomic mass is 16.5. The molecule has 1 heterocycles. The average molecular weight is 271 g/mol. The average Bonchev–Trinajstić information content (AvgIpc) is 2.97. The van der Waals surface area contributed by atoms with Gasteiger partial charge in [-0.1, -0.05) is 48.7 Å². The van der Waals surface area contributed by atoms with Crippen LogP contribution in [0, 0.1) is 0 Å². The van der Waals surface area contributed by atoms with Gasteiger partial charge >= 0.3 is 0 Å². The first-order valence-electron chi connectivity index (χ1n) is 7.50. The summed E-state index contributed by atoms with van der Waals surface area (Å²) in [5.74, 6) is 2.00. The molecular formula is C16H21N3O. The summed E-state index contributed by atoms with van der Waals surface area (Å²) in [6.45, 7) is 0.530. The first-order valence-corrected chi connectivity index (χ1v) is 7.50. The summed E-state index contributed by atoms with van der Waals surface area (Å²) in [6, 6.07) is 8.62. The van der Waals surface area contributed by atoms with Crippen molar-refractivity contribution in [3.05, 3.63) is 35.7 Å². The molecule has 1 aromatic heterocycles. The highest BCUT2D eigenvalue weighted by molar-refractivity contribution is 5.54. The number of benzene rings is 1. The number of rotatable bonds is 4. The molecule has 106 valence electrons. The number of nitrogens with two attached hydrogens (primary N) is 1. The van der Waals surface area contributed by atoms with Gasteiger partial charge in [-0.15, -0.1) is 0 Å². The van der Waals surface area contributed by atoms with Gasteiger partial charge in [0.2, 0.25) is 11.7 Å². The molecule has 0 bridgehead atoms. The molecule has 20 heavy (non-hydrogen) atoms. The van der Waals surface area contributed by atoms with Gasteiger partial charge in [0.1, 0.15) is 0 Å². The van der Waals surface area contributed by atoms with Gasteiger partial charge in [0.25, 0.3) is 0 Å². The zero-order valence-corrected chi connectivity index (χ0v) is 11.7. The summed E-state index contributed by atoms with van der Waals surface area (Å²) in [5.41, 5.74) is 7.94. The van der Waals surface area contributed by atoms with Crippen LogP contribution in [-0.4, -0.2) is 16.7 Å². The molecule has 0 saturated heterocycles. The predicted molar refractivity (Wildman–Crippen MR) is 78.3 cm³/mol. The van der Waals surface area contributed by atoms with Crippen molar-refractivity contribution in [2.45, 2.75) is 44.4 Å². The van der Waals surface area contributed by atoms with Crippen LogP contribution in [0.5, 0.6) is 0 Å². The maximum Gasteiger partial charge on any atom is 0.228 e. The monoisotopic (exact) mass is 271 g/mol. The molecular weight excluding hydrogens is 250 g/mol. The van der Waals surface area contributed by atoms with Crippen molar-refractivity contribution >= 4 is 0 Å². The van der Waals surface area contributed by atoms with E-state index in [1.54, 1.807) is 0 Å². The molecule has 2 N–H and O–H groups in total. The quantitative estimate of drug-likeness (QED) is 0.926. The van der Waals surface area contributed by atoms with Crippen LogP contribution in [0.4, 0.5) is 0 Å². The second-order valence-electron chi connectivity index (χ2n) is 5.51. The van der Waals surface area contributed by atoms with Crippen LogP contribution in [0.1, 0.15) is 49.5 Å². The Morgan fingerprint density at radius 3 is 2.55 bits per heavy atom. The third kappa shape index (κ3) is 2.90. The minimum atomic E-state index is 0.530. The SMILES string of the molecule is NCCc1nc(-c2ccc(C3CCCCC3)cc2)no1. The number of hydrogen-bond donors (Lipinski definition) is 1. The van der Waals surface area contributed by atoms with Crippen LogP contribution < -0.4 is 5.73 Å². The molecule has 0 amide bonds. The molecule has 1 saturated carbocycles. The summed E-state index contributed by atoms with van der Waals surface area (Å²) in [5, 5.41) is 4.01. The van der Waals surface area contributed by atoms with Gasteiger partial charge in [0.05, 0.1) is 0 Å². The van der Waals surface area contributed by atoms with E-state index in [-0.39, 0.29) is 0 Å². The van der Waals surface area contributed by atoms with E-state index < -0.39 is 0 Å². The third-order valence-corrected chi connectivity index (χ3v) is 4.07. The Hall–Kier alpha value is -1.68. The molecule has 1 aliphatic carbocycles. The van der Waals surface area contributed by atoms with Crippen molar-refractivity contribution in [2.75, 3.05) is 6.54 Å². The van der Waals surface area contributed by atoms with Crippen molar-refractivity contribution in [3.63, 3.8) is 0 Å². The Labute approximate surface area is 119 Å². The Bertz CT molecular complexity index is 541. The maximum absolute atomic E-state index is 5.48. The van der Waals surface area contributed by atoms with E-state index >= 15 is 0 Å². The molecule has 1 aromatic carbocycles. The molecule has 0 unspecified atom stereocenters. The lowest BCUT2D eigenvalue weighted by atomic mass is 9.84. The van der Waals surface area contributed by atoms with E-state index in [4.69, 9.17) is 10.3 Å². The minimum absolute atomic E-state index is 0.530. The first kappa shape index (κ1) is 13.3. The molecule has 0 radical (unpaired) electrons. The number of nitrogens with zero attached hydrogens (tertiary/aromatic N) is 2. The van der Waals surface area contributed by atoms with Gasteiger partial charge in [0, 0.05) is 18.5 Å². The van der Waals surface area contributed by atoms with Crippen LogP contribution in [0.25, 0.3) is 11.4 Å². The lowest BCUT2D eigenvalue weighted by molar-refractivity contribution is 0.380. The topological polar surface area (TPSA) is 64.9 Å². The predicted octanol–water partition coefficient (Wildman–Crippen LogP) is 3.29. The van der Waals surface area contributed by atoms with E-state index in [0.717, 1.165) is 11.5 Å². The van der Waals surface area contributed by atoms with E-state index in [1.807, 2.05) is 0 Å². The zero-order valence-electron chi connectivity index (χ0n) is 11.7.